The molecule has 0 radical (unpaired) electrons. The first kappa shape index (κ1) is 21.4. The molecule has 0 bridgehead atoms. The van der Waals surface area contributed by atoms with Gasteiger partial charge in [0.15, 0.2) is 5.76 Å². The molecule has 1 aliphatic heterocycles. The molecule has 6 nitrogen and oxygen atoms in total. The van der Waals surface area contributed by atoms with Crippen molar-refractivity contribution in [3.8, 4) is 0 Å². The highest BCUT2D eigenvalue weighted by atomic mass is 16.5. The van der Waals surface area contributed by atoms with Crippen molar-refractivity contribution in [2.45, 2.75) is 53.2 Å². The van der Waals surface area contributed by atoms with E-state index in [0.29, 0.717) is 37.6 Å². The second-order valence-electron chi connectivity index (χ2n) is 8.42. The van der Waals surface area contributed by atoms with E-state index >= 15 is 0 Å². The molecule has 1 atom stereocenters. The van der Waals surface area contributed by atoms with Crippen molar-refractivity contribution in [2.75, 3.05) is 19.6 Å². The highest BCUT2D eigenvalue weighted by Crippen LogP contribution is 2.29. The summed E-state index contributed by atoms with van der Waals surface area (Å²) < 4.78 is 11.8. The summed E-state index contributed by atoms with van der Waals surface area (Å²) in [5, 5.41) is 3.92. The van der Waals surface area contributed by atoms with E-state index in [-0.39, 0.29) is 29.8 Å². The molecule has 1 aromatic carbocycles. The van der Waals surface area contributed by atoms with Crippen LogP contribution in [0.5, 0.6) is 0 Å². The Balaban J connectivity index is 1.76. The highest BCUT2D eigenvalue weighted by molar-refractivity contribution is 5.99. The van der Waals surface area contributed by atoms with Crippen LogP contribution in [0.15, 0.2) is 28.7 Å². The third kappa shape index (κ3) is 5.18. The number of piperidine rings is 1. The van der Waals surface area contributed by atoms with Crippen LogP contribution in [0.4, 0.5) is 0 Å². The Labute approximate surface area is 172 Å². The molecular weight excluding hydrogens is 368 g/mol. The number of ether oxygens (including phenoxy) is 1. The molecule has 2 heterocycles. The molecule has 29 heavy (non-hydrogen) atoms. The lowest BCUT2D eigenvalue weighted by atomic mass is 9.97. The first-order chi connectivity index (χ1) is 13.9. The number of para-hydroxylation sites is 1. The van der Waals surface area contributed by atoms with Gasteiger partial charge >= 0.3 is 0 Å². The molecule has 1 saturated heterocycles. The van der Waals surface area contributed by atoms with Gasteiger partial charge in [-0.05, 0) is 38.7 Å². The second kappa shape index (κ2) is 9.44. The number of benzene rings is 1. The summed E-state index contributed by atoms with van der Waals surface area (Å²) in [6.45, 7) is 9.99. The van der Waals surface area contributed by atoms with Crippen LogP contribution in [0.2, 0.25) is 0 Å². The lowest BCUT2D eigenvalue weighted by Crippen LogP contribution is -2.44. The van der Waals surface area contributed by atoms with Crippen molar-refractivity contribution < 1.29 is 18.7 Å². The number of hydrogen-bond donors (Lipinski definition) is 1. The topological polar surface area (TPSA) is 71.8 Å². The van der Waals surface area contributed by atoms with Gasteiger partial charge in [0.25, 0.3) is 5.91 Å². The number of amides is 2. The van der Waals surface area contributed by atoms with Gasteiger partial charge in [-0.2, -0.15) is 0 Å². The summed E-state index contributed by atoms with van der Waals surface area (Å²) in [7, 11) is 0. The maximum atomic E-state index is 13.3. The van der Waals surface area contributed by atoms with Gasteiger partial charge in [-0.15, -0.1) is 0 Å². The fourth-order valence-corrected chi connectivity index (χ4v) is 3.67. The summed E-state index contributed by atoms with van der Waals surface area (Å²) >= 11 is 0. The third-order valence-electron chi connectivity index (χ3n) is 5.35. The first-order valence-electron chi connectivity index (χ1n) is 10.6. The van der Waals surface area contributed by atoms with Crippen molar-refractivity contribution in [3.05, 3.63) is 35.6 Å². The molecular formula is C23H32N2O4. The van der Waals surface area contributed by atoms with Crippen LogP contribution in [0.25, 0.3) is 11.0 Å². The molecule has 158 valence electrons. The van der Waals surface area contributed by atoms with Gasteiger partial charge in [-0.3, -0.25) is 9.59 Å². The number of carbonyl (C=O) groups excluding carboxylic acids is 2. The number of furan rings is 1. The Morgan fingerprint density at radius 1 is 1.24 bits per heavy atom. The van der Waals surface area contributed by atoms with Crippen molar-refractivity contribution in [1.82, 2.24) is 10.2 Å². The number of nitrogens with one attached hydrogen (secondary N) is 1. The predicted octanol–water partition coefficient (Wildman–Crippen LogP) is 3.98. The number of likely N-dealkylation sites (tertiary alicyclic amines) is 1. The number of hydrogen-bond acceptors (Lipinski definition) is 4. The van der Waals surface area contributed by atoms with E-state index in [4.69, 9.17) is 9.15 Å². The van der Waals surface area contributed by atoms with Gasteiger partial charge in [0.1, 0.15) is 5.58 Å². The van der Waals surface area contributed by atoms with Gasteiger partial charge in [0, 0.05) is 36.5 Å². The maximum absolute atomic E-state index is 13.3. The zero-order valence-corrected chi connectivity index (χ0v) is 17.9. The molecule has 1 aliphatic rings. The van der Waals surface area contributed by atoms with Gasteiger partial charge in [0.05, 0.1) is 12.7 Å². The average molecular weight is 401 g/mol. The second-order valence-corrected chi connectivity index (χ2v) is 8.42. The van der Waals surface area contributed by atoms with Gasteiger partial charge in [-0.1, -0.05) is 32.0 Å². The highest BCUT2D eigenvalue weighted by Gasteiger charge is 2.29. The van der Waals surface area contributed by atoms with Gasteiger partial charge < -0.3 is 19.4 Å². The van der Waals surface area contributed by atoms with Crippen LogP contribution < -0.4 is 5.32 Å². The molecule has 3 rings (SSSR count). The summed E-state index contributed by atoms with van der Waals surface area (Å²) in [6, 6.07) is 7.70. The summed E-state index contributed by atoms with van der Waals surface area (Å²) in [5.74, 6) is 0.562. The zero-order valence-electron chi connectivity index (χ0n) is 17.9. The van der Waals surface area contributed by atoms with E-state index in [9.17, 15) is 9.59 Å². The van der Waals surface area contributed by atoms with Crippen LogP contribution in [-0.2, 0) is 16.1 Å². The predicted molar refractivity (Wildman–Crippen MR) is 113 cm³/mol. The molecule has 1 N–H and O–H groups in total. The average Bonchev–Trinajstić information content (AvgIpc) is 3.08. The molecule has 2 aromatic rings. The lowest BCUT2D eigenvalue weighted by Gasteiger charge is -2.32. The maximum Gasteiger partial charge on any atom is 0.290 e. The van der Waals surface area contributed by atoms with E-state index < -0.39 is 0 Å². The molecule has 1 aromatic heterocycles. The Morgan fingerprint density at radius 2 is 2.00 bits per heavy atom. The summed E-state index contributed by atoms with van der Waals surface area (Å²) in [6.07, 6.45) is 1.99. The lowest BCUT2D eigenvalue weighted by molar-refractivity contribution is -0.124. The summed E-state index contributed by atoms with van der Waals surface area (Å²) in [4.78, 5) is 27.0. The monoisotopic (exact) mass is 400 g/mol. The van der Waals surface area contributed by atoms with E-state index in [1.54, 1.807) is 0 Å². The Hall–Kier alpha value is -2.34. The fourth-order valence-electron chi connectivity index (χ4n) is 3.67. The molecule has 1 fully saturated rings. The Bertz CT molecular complexity index is 856. The van der Waals surface area contributed by atoms with Crippen LogP contribution in [-0.4, -0.2) is 42.5 Å². The number of nitrogens with zero attached hydrogens (tertiary/aromatic N) is 1. The minimum Gasteiger partial charge on any atom is -0.451 e. The minimum atomic E-state index is -0.0940. The van der Waals surface area contributed by atoms with E-state index in [0.717, 1.165) is 23.8 Å². The minimum absolute atomic E-state index is 0.0320. The van der Waals surface area contributed by atoms with Crippen molar-refractivity contribution >= 4 is 22.8 Å². The molecule has 6 heteroatoms. The van der Waals surface area contributed by atoms with Crippen LogP contribution in [0.1, 0.15) is 56.7 Å². The normalized spacial score (nSPS) is 17.3. The van der Waals surface area contributed by atoms with Gasteiger partial charge in [-0.25, -0.2) is 0 Å². The number of rotatable bonds is 7. The third-order valence-corrected chi connectivity index (χ3v) is 5.35. The van der Waals surface area contributed by atoms with Crippen molar-refractivity contribution in [2.24, 2.45) is 11.8 Å². The molecule has 1 unspecified atom stereocenters. The van der Waals surface area contributed by atoms with E-state index in [2.05, 4.69) is 5.32 Å². The van der Waals surface area contributed by atoms with E-state index in [1.165, 1.54) is 0 Å². The standard InChI is InChI=1S/C23H32N2O4/c1-15(2)22(26)24-12-17-8-7-11-25(13-17)23(27)21-19(14-28-16(3)4)18-9-5-6-10-20(18)29-21/h5-6,9-10,15-17H,7-8,11-14H2,1-4H3,(H,24,26). The SMILES string of the molecule is CC(C)OCc1c(C(=O)N2CCCC(CNC(=O)C(C)C)C2)oc2ccccc12. The van der Waals surface area contributed by atoms with E-state index in [1.807, 2.05) is 56.9 Å². The van der Waals surface area contributed by atoms with Crippen LogP contribution >= 0.6 is 0 Å². The van der Waals surface area contributed by atoms with Gasteiger partial charge in [0.2, 0.25) is 5.91 Å². The fraction of sp³-hybridized carbons (Fsp3) is 0.565. The molecule has 2 amide bonds. The Kier molecular flexibility index (Phi) is 6.96. The largest absolute Gasteiger partial charge is 0.451 e. The smallest absolute Gasteiger partial charge is 0.290 e. The van der Waals surface area contributed by atoms with Crippen molar-refractivity contribution in [3.63, 3.8) is 0 Å². The first-order valence-corrected chi connectivity index (χ1v) is 10.6. The summed E-state index contributed by atoms with van der Waals surface area (Å²) in [5.41, 5.74) is 1.52. The Morgan fingerprint density at radius 3 is 2.72 bits per heavy atom. The van der Waals surface area contributed by atoms with Crippen LogP contribution in [0, 0.1) is 11.8 Å². The molecule has 0 spiro atoms. The number of fused-ring (bicyclic) bond motifs is 1. The molecule has 0 aliphatic carbocycles. The number of carbonyl (C=O) groups is 2. The van der Waals surface area contributed by atoms with Crippen molar-refractivity contribution in [1.29, 1.82) is 0 Å². The molecule has 0 saturated carbocycles. The van der Waals surface area contributed by atoms with Crippen LogP contribution in [0.3, 0.4) is 0 Å². The zero-order chi connectivity index (χ0) is 21.0. The quantitative estimate of drug-likeness (QED) is 0.763.